The van der Waals surface area contributed by atoms with Crippen molar-refractivity contribution < 1.29 is 9.53 Å². The van der Waals surface area contributed by atoms with Gasteiger partial charge in [0.2, 0.25) is 0 Å². The standard InChI is InChI=1S/C22H18Cl2N2O2S/c23-18-10-5-11-19(24)20(18)25-22(29)26-21(27)16-8-4-9-17(14-16)28-13-12-15-6-2-1-3-7-15/h1-11,14H,12-13H2,(H2,25,26,27,29). The molecule has 3 aromatic rings. The second-order valence-electron chi connectivity index (χ2n) is 6.12. The fourth-order valence-electron chi connectivity index (χ4n) is 2.60. The summed E-state index contributed by atoms with van der Waals surface area (Å²) >= 11 is 17.4. The molecule has 0 radical (unpaired) electrons. The lowest BCUT2D eigenvalue weighted by atomic mass is 10.2. The van der Waals surface area contributed by atoms with Gasteiger partial charge in [-0.15, -0.1) is 0 Å². The van der Waals surface area contributed by atoms with Crippen molar-refractivity contribution in [1.29, 1.82) is 0 Å². The van der Waals surface area contributed by atoms with Crippen molar-refractivity contribution in [3.63, 3.8) is 0 Å². The third kappa shape index (κ3) is 6.19. The Kier molecular flexibility index (Phi) is 7.47. The highest BCUT2D eigenvalue weighted by Crippen LogP contribution is 2.29. The Morgan fingerprint density at radius 1 is 0.931 bits per heavy atom. The molecule has 0 aliphatic heterocycles. The van der Waals surface area contributed by atoms with E-state index < -0.39 is 0 Å². The number of thiocarbonyl (C=S) groups is 1. The van der Waals surface area contributed by atoms with E-state index in [1.54, 1.807) is 36.4 Å². The lowest BCUT2D eigenvalue weighted by Crippen LogP contribution is -2.34. The number of amides is 1. The number of benzene rings is 3. The molecule has 0 fully saturated rings. The summed E-state index contributed by atoms with van der Waals surface area (Å²) in [6.45, 7) is 0.514. The summed E-state index contributed by atoms with van der Waals surface area (Å²) in [6, 6.07) is 22.1. The predicted octanol–water partition coefficient (Wildman–Crippen LogP) is 5.74. The van der Waals surface area contributed by atoms with Crippen molar-refractivity contribution in [3.8, 4) is 5.75 Å². The van der Waals surface area contributed by atoms with Crippen LogP contribution < -0.4 is 15.4 Å². The predicted molar refractivity (Wildman–Crippen MR) is 122 cm³/mol. The molecule has 0 spiro atoms. The van der Waals surface area contributed by atoms with E-state index in [9.17, 15) is 4.79 Å². The minimum Gasteiger partial charge on any atom is -0.493 e. The van der Waals surface area contributed by atoms with Gasteiger partial charge in [-0.25, -0.2) is 0 Å². The number of hydrogen-bond acceptors (Lipinski definition) is 3. The number of halogens is 2. The van der Waals surface area contributed by atoms with Crippen molar-refractivity contribution in [1.82, 2.24) is 5.32 Å². The largest absolute Gasteiger partial charge is 0.493 e. The highest BCUT2D eigenvalue weighted by Gasteiger charge is 2.12. The number of rotatable bonds is 6. The number of carbonyl (C=O) groups excluding carboxylic acids is 1. The second kappa shape index (κ2) is 10.3. The molecule has 3 rings (SSSR count). The normalized spacial score (nSPS) is 10.3. The third-order valence-electron chi connectivity index (χ3n) is 4.03. The smallest absolute Gasteiger partial charge is 0.257 e. The average molecular weight is 445 g/mol. The first kappa shape index (κ1) is 21.1. The van der Waals surface area contributed by atoms with E-state index in [0.717, 1.165) is 6.42 Å². The van der Waals surface area contributed by atoms with Crippen LogP contribution in [0.1, 0.15) is 15.9 Å². The van der Waals surface area contributed by atoms with Crippen LogP contribution in [0.3, 0.4) is 0 Å². The zero-order chi connectivity index (χ0) is 20.6. The summed E-state index contributed by atoms with van der Waals surface area (Å²) in [4.78, 5) is 12.5. The zero-order valence-electron chi connectivity index (χ0n) is 15.3. The molecule has 0 bridgehead atoms. The maximum atomic E-state index is 12.5. The number of para-hydroxylation sites is 1. The lowest BCUT2D eigenvalue weighted by Gasteiger charge is -2.13. The van der Waals surface area contributed by atoms with Crippen LogP contribution in [0.4, 0.5) is 5.69 Å². The summed E-state index contributed by atoms with van der Waals surface area (Å²) < 4.78 is 5.77. The number of anilines is 1. The zero-order valence-corrected chi connectivity index (χ0v) is 17.7. The van der Waals surface area contributed by atoms with Crippen molar-refractivity contribution in [3.05, 3.63) is 94.0 Å². The molecule has 0 aromatic heterocycles. The topological polar surface area (TPSA) is 50.4 Å². The molecule has 7 heteroatoms. The summed E-state index contributed by atoms with van der Waals surface area (Å²) in [5, 5.41) is 6.38. The number of ether oxygens (including phenoxy) is 1. The van der Waals surface area contributed by atoms with Crippen LogP contribution in [-0.2, 0) is 6.42 Å². The molecular formula is C22H18Cl2N2O2S. The van der Waals surface area contributed by atoms with Crippen LogP contribution in [0.15, 0.2) is 72.8 Å². The molecule has 1 amide bonds. The van der Waals surface area contributed by atoms with Crippen LogP contribution in [0, 0.1) is 0 Å². The van der Waals surface area contributed by atoms with Gasteiger partial charge >= 0.3 is 0 Å². The Morgan fingerprint density at radius 3 is 2.34 bits per heavy atom. The molecule has 3 aromatic carbocycles. The van der Waals surface area contributed by atoms with Gasteiger partial charge in [0.05, 0.1) is 22.3 Å². The Labute approximate surface area is 184 Å². The van der Waals surface area contributed by atoms with Crippen LogP contribution in [0.5, 0.6) is 5.75 Å². The van der Waals surface area contributed by atoms with Gasteiger partial charge in [-0.3, -0.25) is 10.1 Å². The van der Waals surface area contributed by atoms with E-state index in [1.165, 1.54) is 5.56 Å². The number of carbonyl (C=O) groups is 1. The van der Waals surface area contributed by atoms with Gasteiger partial charge < -0.3 is 10.1 Å². The Bertz CT molecular complexity index is 992. The molecule has 0 aliphatic rings. The first-order chi connectivity index (χ1) is 14.0. The molecular weight excluding hydrogens is 427 g/mol. The molecule has 0 heterocycles. The highest BCUT2D eigenvalue weighted by atomic mass is 35.5. The first-order valence-corrected chi connectivity index (χ1v) is 10.0. The van der Waals surface area contributed by atoms with Gasteiger partial charge in [-0.1, -0.05) is 65.7 Å². The van der Waals surface area contributed by atoms with Crippen molar-refractivity contribution >= 4 is 52.1 Å². The summed E-state index contributed by atoms with van der Waals surface area (Å²) in [7, 11) is 0. The van der Waals surface area contributed by atoms with Crippen molar-refractivity contribution in [2.24, 2.45) is 0 Å². The van der Waals surface area contributed by atoms with Gasteiger partial charge in [0, 0.05) is 12.0 Å². The van der Waals surface area contributed by atoms with Crippen LogP contribution in [-0.4, -0.2) is 17.6 Å². The van der Waals surface area contributed by atoms with Crippen LogP contribution in [0.2, 0.25) is 10.0 Å². The fraction of sp³-hybridized carbons (Fsp3) is 0.0909. The van der Waals surface area contributed by atoms with Gasteiger partial charge in [0.15, 0.2) is 5.11 Å². The molecule has 0 atom stereocenters. The quantitative estimate of drug-likeness (QED) is 0.475. The van der Waals surface area contributed by atoms with Gasteiger partial charge in [0.1, 0.15) is 5.75 Å². The molecule has 29 heavy (non-hydrogen) atoms. The summed E-state index contributed by atoms with van der Waals surface area (Å²) in [5.74, 6) is 0.251. The van der Waals surface area contributed by atoms with Gasteiger partial charge in [-0.2, -0.15) is 0 Å². The Hall–Kier alpha value is -2.60. The second-order valence-corrected chi connectivity index (χ2v) is 7.34. The molecule has 0 saturated heterocycles. The average Bonchev–Trinajstić information content (AvgIpc) is 2.72. The number of hydrogen-bond donors (Lipinski definition) is 2. The van der Waals surface area contributed by atoms with E-state index in [0.29, 0.717) is 33.7 Å². The minimum absolute atomic E-state index is 0.0976. The highest BCUT2D eigenvalue weighted by molar-refractivity contribution is 7.80. The molecule has 0 saturated carbocycles. The van der Waals surface area contributed by atoms with Crippen molar-refractivity contribution in [2.75, 3.05) is 11.9 Å². The third-order valence-corrected chi connectivity index (χ3v) is 4.86. The summed E-state index contributed by atoms with van der Waals surface area (Å²) in [5.41, 5.74) is 2.06. The molecule has 2 N–H and O–H groups in total. The number of nitrogens with one attached hydrogen (secondary N) is 2. The summed E-state index contributed by atoms with van der Waals surface area (Å²) in [6.07, 6.45) is 0.782. The molecule has 0 aliphatic carbocycles. The maximum Gasteiger partial charge on any atom is 0.257 e. The SMILES string of the molecule is O=C(NC(=S)Nc1c(Cl)cccc1Cl)c1cccc(OCCc2ccccc2)c1. The minimum atomic E-state index is -0.362. The van der Waals surface area contributed by atoms with Gasteiger partial charge in [0.25, 0.3) is 5.91 Å². The van der Waals surface area contributed by atoms with E-state index in [-0.39, 0.29) is 11.0 Å². The van der Waals surface area contributed by atoms with Crippen LogP contribution >= 0.6 is 35.4 Å². The fourth-order valence-corrected chi connectivity index (χ4v) is 3.28. The van der Waals surface area contributed by atoms with E-state index in [2.05, 4.69) is 10.6 Å². The van der Waals surface area contributed by atoms with Crippen molar-refractivity contribution in [2.45, 2.75) is 6.42 Å². The van der Waals surface area contributed by atoms with Gasteiger partial charge in [-0.05, 0) is 48.1 Å². The van der Waals surface area contributed by atoms with Crippen LogP contribution in [0.25, 0.3) is 0 Å². The molecule has 0 unspecified atom stereocenters. The van der Waals surface area contributed by atoms with E-state index in [4.69, 9.17) is 40.2 Å². The molecule has 148 valence electrons. The Balaban J connectivity index is 1.56. The van der Waals surface area contributed by atoms with E-state index >= 15 is 0 Å². The lowest BCUT2D eigenvalue weighted by molar-refractivity contribution is 0.0977. The Morgan fingerprint density at radius 2 is 1.62 bits per heavy atom. The van der Waals surface area contributed by atoms with E-state index in [1.807, 2.05) is 36.4 Å². The maximum absolute atomic E-state index is 12.5. The monoisotopic (exact) mass is 444 g/mol. The molecule has 4 nitrogen and oxygen atoms in total. The first-order valence-electron chi connectivity index (χ1n) is 8.86.